The highest BCUT2D eigenvalue weighted by Crippen LogP contribution is 2.23. The van der Waals surface area contributed by atoms with Crippen LogP contribution in [0.25, 0.3) is 11.1 Å². The van der Waals surface area contributed by atoms with E-state index in [9.17, 15) is 4.79 Å². The number of carbonyl (C=O) groups excluding carboxylic acids is 1. The first-order valence-electron chi connectivity index (χ1n) is 4.58. The number of hydrogen-bond acceptors (Lipinski definition) is 2. The molecule has 1 aromatic carbocycles. The molecule has 0 atom stereocenters. The molecule has 0 saturated heterocycles. The van der Waals surface area contributed by atoms with Crippen LogP contribution in [0.2, 0.25) is 5.02 Å². The van der Waals surface area contributed by atoms with Crippen molar-refractivity contribution in [1.82, 2.24) is 4.98 Å². The van der Waals surface area contributed by atoms with Gasteiger partial charge in [-0.1, -0.05) is 23.7 Å². The molecule has 0 bridgehead atoms. The molecule has 0 N–H and O–H groups in total. The van der Waals surface area contributed by atoms with Gasteiger partial charge in [-0.3, -0.25) is 9.78 Å². The Kier molecular flexibility index (Phi) is 3.22. The summed E-state index contributed by atoms with van der Waals surface area (Å²) in [4.78, 5) is 14.8. The van der Waals surface area contributed by atoms with Gasteiger partial charge in [-0.2, -0.15) is 0 Å². The number of halogens is 2. The Morgan fingerprint density at radius 1 is 1.12 bits per heavy atom. The fourth-order valence-electron chi connectivity index (χ4n) is 1.39. The molecule has 80 valence electrons. The summed E-state index contributed by atoms with van der Waals surface area (Å²) >= 11 is 11.3. The zero-order valence-electron chi connectivity index (χ0n) is 8.15. The van der Waals surface area contributed by atoms with Crippen molar-refractivity contribution in [3.63, 3.8) is 0 Å². The lowest BCUT2D eigenvalue weighted by Crippen LogP contribution is -1.93. The van der Waals surface area contributed by atoms with Crippen molar-refractivity contribution in [2.24, 2.45) is 0 Å². The molecule has 2 rings (SSSR count). The molecule has 4 heteroatoms. The highest BCUT2D eigenvalue weighted by Gasteiger charge is 2.05. The monoisotopic (exact) mass is 251 g/mol. The zero-order valence-corrected chi connectivity index (χ0v) is 9.66. The van der Waals surface area contributed by atoms with E-state index in [-0.39, 0.29) is 5.69 Å². The smallest absolute Gasteiger partial charge is 0.270 e. The van der Waals surface area contributed by atoms with E-state index in [0.29, 0.717) is 5.02 Å². The molecule has 0 spiro atoms. The summed E-state index contributed by atoms with van der Waals surface area (Å²) in [7, 11) is 0. The first-order valence-corrected chi connectivity index (χ1v) is 5.34. The largest absolute Gasteiger partial charge is 0.274 e. The van der Waals surface area contributed by atoms with Crippen LogP contribution in [-0.2, 0) is 0 Å². The minimum Gasteiger partial charge on any atom is -0.274 e. The molecule has 0 fully saturated rings. The van der Waals surface area contributed by atoms with Crippen molar-refractivity contribution in [2.75, 3.05) is 0 Å². The van der Waals surface area contributed by atoms with Crippen LogP contribution in [0.3, 0.4) is 0 Å². The van der Waals surface area contributed by atoms with E-state index in [1.807, 2.05) is 18.2 Å². The van der Waals surface area contributed by atoms with Crippen molar-refractivity contribution in [1.29, 1.82) is 0 Å². The van der Waals surface area contributed by atoms with E-state index in [1.165, 1.54) is 0 Å². The SMILES string of the molecule is O=C(Cl)c1cc(-c2cccc(Cl)c2)ccn1. The number of carbonyl (C=O) groups is 1. The van der Waals surface area contributed by atoms with Gasteiger partial charge in [0.05, 0.1) is 0 Å². The molecular formula is C12H7Cl2NO. The van der Waals surface area contributed by atoms with Crippen molar-refractivity contribution in [3.05, 3.63) is 53.3 Å². The zero-order chi connectivity index (χ0) is 11.5. The molecule has 2 nitrogen and oxygen atoms in total. The van der Waals surface area contributed by atoms with Gasteiger partial charge in [-0.25, -0.2) is 0 Å². The Balaban J connectivity index is 2.48. The first-order chi connectivity index (χ1) is 7.66. The summed E-state index contributed by atoms with van der Waals surface area (Å²) in [6, 6.07) is 10.8. The maximum Gasteiger partial charge on any atom is 0.270 e. The van der Waals surface area contributed by atoms with Gasteiger partial charge in [0.25, 0.3) is 5.24 Å². The van der Waals surface area contributed by atoms with Crippen molar-refractivity contribution in [3.8, 4) is 11.1 Å². The number of hydrogen-bond donors (Lipinski definition) is 0. The lowest BCUT2D eigenvalue weighted by atomic mass is 10.1. The van der Waals surface area contributed by atoms with Gasteiger partial charge in [0.1, 0.15) is 5.69 Å². The molecule has 0 unspecified atom stereocenters. The van der Waals surface area contributed by atoms with Gasteiger partial charge in [-0.05, 0) is 47.0 Å². The second-order valence-corrected chi connectivity index (χ2v) is 3.99. The number of nitrogens with zero attached hydrogens (tertiary/aromatic N) is 1. The Morgan fingerprint density at radius 3 is 2.56 bits per heavy atom. The first kappa shape index (κ1) is 11.1. The predicted octanol–water partition coefficient (Wildman–Crippen LogP) is 3.78. The van der Waals surface area contributed by atoms with Crippen LogP contribution < -0.4 is 0 Å². The van der Waals surface area contributed by atoms with Crippen LogP contribution in [0.5, 0.6) is 0 Å². The second-order valence-electron chi connectivity index (χ2n) is 3.21. The summed E-state index contributed by atoms with van der Waals surface area (Å²) in [5.74, 6) is 0. The molecule has 0 saturated carbocycles. The lowest BCUT2D eigenvalue weighted by molar-refractivity contribution is 0.107. The molecular weight excluding hydrogens is 245 g/mol. The summed E-state index contributed by atoms with van der Waals surface area (Å²) in [5.41, 5.74) is 2.02. The third-order valence-corrected chi connectivity index (χ3v) is 2.55. The van der Waals surface area contributed by atoms with E-state index in [0.717, 1.165) is 11.1 Å². The minimum atomic E-state index is -0.566. The highest BCUT2D eigenvalue weighted by atomic mass is 35.5. The van der Waals surface area contributed by atoms with E-state index < -0.39 is 5.24 Å². The lowest BCUT2D eigenvalue weighted by Gasteiger charge is -2.02. The third kappa shape index (κ3) is 2.40. The van der Waals surface area contributed by atoms with Gasteiger partial charge in [0.15, 0.2) is 0 Å². The fourth-order valence-corrected chi connectivity index (χ4v) is 1.68. The Morgan fingerprint density at radius 2 is 1.88 bits per heavy atom. The Hall–Kier alpha value is -1.38. The molecule has 0 aliphatic rings. The van der Waals surface area contributed by atoms with Gasteiger partial charge < -0.3 is 0 Å². The van der Waals surface area contributed by atoms with E-state index >= 15 is 0 Å². The van der Waals surface area contributed by atoms with E-state index in [1.54, 1.807) is 24.4 Å². The summed E-state index contributed by atoms with van der Waals surface area (Å²) in [5, 5.41) is 0.0805. The topological polar surface area (TPSA) is 30.0 Å². The summed E-state index contributed by atoms with van der Waals surface area (Å²) in [6.45, 7) is 0. The predicted molar refractivity (Wildman–Crippen MR) is 64.9 cm³/mol. The Bertz CT molecular complexity index is 540. The van der Waals surface area contributed by atoms with Gasteiger partial charge >= 0.3 is 0 Å². The molecule has 0 aliphatic heterocycles. The van der Waals surface area contributed by atoms with Gasteiger partial charge in [0.2, 0.25) is 0 Å². The molecule has 1 aromatic heterocycles. The number of rotatable bonds is 2. The molecule has 0 radical (unpaired) electrons. The fraction of sp³-hybridized carbons (Fsp3) is 0. The summed E-state index contributed by atoms with van der Waals surface area (Å²) in [6.07, 6.45) is 1.55. The molecule has 0 aliphatic carbocycles. The maximum absolute atomic E-state index is 11.0. The van der Waals surface area contributed by atoms with Crippen LogP contribution in [0.1, 0.15) is 10.5 Å². The molecule has 1 heterocycles. The normalized spacial score (nSPS) is 10.1. The van der Waals surface area contributed by atoms with E-state index in [2.05, 4.69) is 4.98 Å². The molecule has 0 amide bonds. The van der Waals surface area contributed by atoms with Crippen LogP contribution in [0, 0.1) is 0 Å². The van der Waals surface area contributed by atoms with Gasteiger partial charge in [-0.15, -0.1) is 0 Å². The van der Waals surface area contributed by atoms with Crippen LogP contribution in [0.4, 0.5) is 0 Å². The van der Waals surface area contributed by atoms with Crippen LogP contribution in [-0.4, -0.2) is 10.2 Å². The molecule has 2 aromatic rings. The average molecular weight is 252 g/mol. The number of aromatic nitrogens is 1. The standard InChI is InChI=1S/C12H7Cl2NO/c13-10-3-1-2-8(6-10)9-4-5-15-11(7-9)12(14)16/h1-7H. The van der Waals surface area contributed by atoms with Crippen LogP contribution >= 0.6 is 23.2 Å². The maximum atomic E-state index is 11.0. The second kappa shape index (κ2) is 4.64. The Labute approximate surface area is 103 Å². The quantitative estimate of drug-likeness (QED) is 0.761. The van der Waals surface area contributed by atoms with Crippen LogP contribution in [0.15, 0.2) is 42.6 Å². The number of pyridine rings is 1. The summed E-state index contributed by atoms with van der Waals surface area (Å²) < 4.78 is 0. The number of benzene rings is 1. The third-order valence-electron chi connectivity index (χ3n) is 2.12. The molecule has 16 heavy (non-hydrogen) atoms. The average Bonchev–Trinajstić information content (AvgIpc) is 2.29. The van der Waals surface area contributed by atoms with Crippen molar-refractivity contribution >= 4 is 28.4 Å². The van der Waals surface area contributed by atoms with Crippen molar-refractivity contribution in [2.45, 2.75) is 0 Å². The van der Waals surface area contributed by atoms with E-state index in [4.69, 9.17) is 23.2 Å². The van der Waals surface area contributed by atoms with Gasteiger partial charge in [0, 0.05) is 11.2 Å². The minimum absolute atomic E-state index is 0.235. The highest BCUT2D eigenvalue weighted by molar-refractivity contribution is 6.67. The van der Waals surface area contributed by atoms with Crippen molar-refractivity contribution < 1.29 is 4.79 Å².